The number of nitrogens with two attached hydrogens (primary N) is 1. The number of hydrogen-bond acceptors (Lipinski definition) is 5. The molecule has 3 aromatic rings. The number of carbonyl (C=O) groups is 2. The van der Waals surface area contributed by atoms with E-state index in [0.717, 1.165) is 31.2 Å². The summed E-state index contributed by atoms with van der Waals surface area (Å²) in [4.78, 5) is 32.0. The summed E-state index contributed by atoms with van der Waals surface area (Å²) in [5.41, 5.74) is 8.87. The van der Waals surface area contributed by atoms with Gasteiger partial charge in [-0.3, -0.25) is 14.6 Å². The van der Waals surface area contributed by atoms with Gasteiger partial charge in [0.05, 0.1) is 7.11 Å². The van der Waals surface area contributed by atoms with E-state index in [4.69, 9.17) is 22.1 Å². The first kappa shape index (κ1) is 24.7. The lowest BCUT2D eigenvalue weighted by Crippen LogP contribution is -2.51. The minimum atomic E-state index is -0.249. The molecule has 0 bridgehead atoms. The molecule has 2 amide bonds. The fraction of sp³-hybridized carbons (Fsp3) is 0.296. The Labute approximate surface area is 210 Å². The molecule has 8 heteroatoms. The minimum Gasteiger partial charge on any atom is -0.497 e. The standard InChI is InChI=1S/C27H29ClN4O3/c1-35-22-9-6-19(7-10-22)27(34)32(25-5-3-2-4-24(25)29)17-20-16-21(8-11-23(20)28)31-26(33)18-12-14-30-15-13-18/h6-16,24-25H,2-5,17,29H2,1H3,(H,31,33). The van der Waals surface area contributed by atoms with Crippen LogP contribution in [-0.4, -0.2) is 40.9 Å². The van der Waals surface area contributed by atoms with Gasteiger partial charge in [-0.15, -0.1) is 0 Å². The second-order valence-electron chi connectivity index (χ2n) is 8.67. The first-order valence-corrected chi connectivity index (χ1v) is 12.0. The SMILES string of the molecule is COc1ccc(C(=O)N(Cc2cc(NC(=O)c3ccncc3)ccc2Cl)C2CCCCC2N)cc1. The molecule has 1 fully saturated rings. The number of carbonyl (C=O) groups excluding carboxylic acids is 2. The topological polar surface area (TPSA) is 97.5 Å². The number of methoxy groups -OCH3 is 1. The predicted octanol–water partition coefficient (Wildman–Crippen LogP) is 4.91. The molecule has 0 radical (unpaired) electrons. The van der Waals surface area contributed by atoms with Crippen molar-refractivity contribution in [3.8, 4) is 5.75 Å². The molecule has 1 aromatic heterocycles. The molecule has 1 aliphatic rings. The molecule has 7 nitrogen and oxygen atoms in total. The van der Waals surface area contributed by atoms with Crippen molar-refractivity contribution in [1.29, 1.82) is 0 Å². The summed E-state index contributed by atoms with van der Waals surface area (Å²) in [6.45, 7) is 0.279. The maximum Gasteiger partial charge on any atom is 0.255 e. The molecule has 2 aromatic carbocycles. The van der Waals surface area contributed by atoms with Gasteiger partial charge in [0.1, 0.15) is 5.75 Å². The van der Waals surface area contributed by atoms with Gasteiger partial charge in [0, 0.05) is 52.9 Å². The van der Waals surface area contributed by atoms with E-state index in [1.54, 1.807) is 68.0 Å². The number of pyridine rings is 1. The van der Waals surface area contributed by atoms with Crippen molar-refractivity contribution < 1.29 is 14.3 Å². The van der Waals surface area contributed by atoms with Crippen LogP contribution in [0.5, 0.6) is 5.75 Å². The van der Waals surface area contributed by atoms with Gasteiger partial charge in [0.25, 0.3) is 11.8 Å². The van der Waals surface area contributed by atoms with Gasteiger partial charge < -0.3 is 20.7 Å². The summed E-state index contributed by atoms with van der Waals surface area (Å²) in [6.07, 6.45) is 6.91. The summed E-state index contributed by atoms with van der Waals surface area (Å²) in [5, 5.41) is 3.41. The number of benzene rings is 2. The normalized spacial score (nSPS) is 17.5. The van der Waals surface area contributed by atoms with Gasteiger partial charge in [0.15, 0.2) is 0 Å². The largest absolute Gasteiger partial charge is 0.497 e. The van der Waals surface area contributed by atoms with E-state index in [9.17, 15) is 9.59 Å². The highest BCUT2D eigenvalue weighted by Gasteiger charge is 2.32. The Morgan fingerprint density at radius 2 is 1.77 bits per heavy atom. The number of amides is 2. The molecular formula is C27H29ClN4O3. The van der Waals surface area contributed by atoms with Crippen LogP contribution < -0.4 is 15.8 Å². The van der Waals surface area contributed by atoms with Gasteiger partial charge >= 0.3 is 0 Å². The van der Waals surface area contributed by atoms with E-state index in [2.05, 4.69) is 10.3 Å². The Bertz CT molecular complexity index is 1170. The van der Waals surface area contributed by atoms with Crippen molar-refractivity contribution in [2.45, 2.75) is 44.3 Å². The lowest BCUT2D eigenvalue weighted by molar-refractivity contribution is 0.0583. The van der Waals surface area contributed by atoms with E-state index in [1.807, 2.05) is 11.0 Å². The molecule has 182 valence electrons. The number of hydrogen-bond donors (Lipinski definition) is 2. The van der Waals surface area contributed by atoms with Crippen LogP contribution in [0.4, 0.5) is 5.69 Å². The van der Waals surface area contributed by atoms with Crippen LogP contribution in [0, 0.1) is 0 Å². The molecular weight excluding hydrogens is 464 g/mol. The van der Waals surface area contributed by atoms with Crippen molar-refractivity contribution >= 4 is 29.1 Å². The number of nitrogens with one attached hydrogen (secondary N) is 1. The Kier molecular flexibility index (Phi) is 8.00. The maximum atomic E-state index is 13.7. The Hall–Kier alpha value is -3.42. The lowest BCUT2D eigenvalue weighted by atomic mass is 9.89. The Morgan fingerprint density at radius 3 is 2.46 bits per heavy atom. The van der Waals surface area contributed by atoms with Crippen LogP contribution in [-0.2, 0) is 6.54 Å². The Balaban J connectivity index is 1.61. The van der Waals surface area contributed by atoms with Gasteiger partial charge in [-0.1, -0.05) is 24.4 Å². The van der Waals surface area contributed by atoms with E-state index in [0.29, 0.717) is 27.6 Å². The highest BCUT2D eigenvalue weighted by molar-refractivity contribution is 6.31. The van der Waals surface area contributed by atoms with E-state index in [1.165, 1.54) is 0 Å². The van der Waals surface area contributed by atoms with E-state index >= 15 is 0 Å². The summed E-state index contributed by atoms with van der Waals surface area (Å²) < 4.78 is 5.23. The number of anilines is 1. The van der Waals surface area contributed by atoms with Crippen LogP contribution in [0.2, 0.25) is 5.02 Å². The van der Waals surface area contributed by atoms with Gasteiger partial charge in [-0.2, -0.15) is 0 Å². The smallest absolute Gasteiger partial charge is 0.255 e. The molecule has 1 aliphatic carbocycles. The Morgan fingerprint density at radius 1 is 1.06 bits per heavy atom. The van der Waals surface area contributed by atoms with Gasteiger partial charge in [0.2, 0.25) is 0 Å². The fourth-order valence-corrected chi connectivity index (χ4v) is 4.61. The number of nitrogens with zero attached hydrogens (tertiary/aromatic N) is 2. The summed E-state index contributed by atoms with van der Waals surface area (Å²) in [7, 11) is 1.59. The zero-order valence-corrected chi connectivity index (χ0v) is 20.4. The molecule has 0 spiro atoms. The summed E-state index contributed by atoms with van der Waals surface area (Å²) >= 11 is 6.55. The van der Waals surface area contributed by atoms with Crippen LogP contribution in [0.25, 0.3) is 0 Å². The molecule has 1 saturated carbocycles. The number of halogens is 1. The molecule has 4 rings (SSSR count). The zero-order chi connectivity index (χ0) is 24.8. The first-order chi connectivity index (χ1) is 17.0. The maximum absolute atomic E-state index is 13.7. The molecule has 35 heavy (non-hydrogen) atoms. The molecule has 1 heterocycles. The zero-order valence-electron chi connectivity index (χ0n) is 19.6. The molecule has 2 atom stereocenters. The summed E-state index contributed by atoms with van der Waals surface area (Å²) in [6, 6.07) is 15.4. The third-order valence-corrected chi connectivity index (χ3v) is 6.74. The second-order valence-corrected chi connectivity index (χ2v) is 9.08. The highest BCUT2D eigenvalue weighted by Crippen LogP contribution is 2.29. The predicted molar refractivity (Wildman–Crippen MR) is 137 cm³/mol. The van der Waals surface area contributed by atoms with Crippen molar-refractivity contribution in [2.24, 2.45) is 5.73 Å². The average molecular weight is 493 g/mol. The van der Waals surface area contributed by atoms with Gasteiger partial charge in [-0.05, 0) is 73.0 Å². The van der Waals surface area contributed by atoms with Crippen LogP contribution in [0.3, 0.4) is 0 Å². The molecule has 0 saturated heterocycles. The number of aromatic nitrogens is 1. The van der Waals surface area contributed by atoms with Crippen molar-refractivity contribution in [3.05, 3.63) is 88.7 Å². The highest BCUT2D eigenvalue weighted by atomic mass is 35.5. The average Bonchev–Trinajstić information content (AvgIpc) is 2.89. The quantitative estimate of drug-likeness (QED) is 0.488. The molecule has 0 aliphatic heterocycles. The van der Waals surface area contributed by atoms with Crippen LogP contribution in [0.1, 0.15) is 52.0 Å². The second kappa shape index (κ2) is 11.3. The third-order valence-electron chi connectivity index (χ3n) is 6.37. The summed E-state index contributed by atoms with van der Waals surface area (Å²) in [5.74, 6) is 0.321. The van der Waals surface area contributed by atoms with E-state index in [-0.39, 0.29) is 30.4 Å². The van der Waals surface area contributed by atoms with E-state index < -0.39 is 0 Å². The van der Waals surface area contributed by atoms with Crippen molar-refractivity contribution in [3.63, 3.8) is 0 Å². The fourth-order valence-electron chi connectivity index (χ4n) is 4.43. The van der Waals surface area contributed by atoms with Crippen LogP contribution in [0.15, 0.2) is 67.0 Å². The van der Waals surface area contributed by atoms with Crippen molar-refractivity contribution in [2.75, 3.05) is 12.4 Å². The molecule has 3 N–H and O–H groups in total. The third kappa shape index (κ3) is 5.99. The first-order valence-electron chi connectivity index (χ1n) is 11.7. The molecule has 2 unspecified atom stereocenters. The number of ether oxygens (including phenoxy) is 1. The monoisotopic (exact) mass is 492 g/mol. The van der Waals surface area contributed by atoms with Crippen LogP contribution >= 0.6 is 11.6 Å². The van der Waals surface area contributed by atoms with Crippen molar-refractivity contribution in [1.82, 2.24) is 9.88 Å². The van der Waals surface area contributed by atoms with Gasteiger partial charge in [-0.25, -0.2) is 0 Å². The number of rotatable bonds is 7. The minimum absolute atomic E-state index is 0.107. The lowest BCUT2D eigenvalue weighted by Gasteiger charge is -2.38.